The van der Waals surface area contributed by atoms with Crippen molar-refractivity contribution in [2.24, 2.45) is 11.0 Å². The van der Waals surface area contributed by atoms with E-state index in [0.29, 0.717) is 0 Å². The van der Waals surface area contributed by atoms with E-state index in [1.807, 2.05) is 13.8 Å². The van der Waals surface area contributed by atoms with Crippen molar-refractivity contribution >= 4 is 0 Å². The number of hydrogen-bond acceptors (Lipinski definition) is 6. The van der Waals surface area contributed by atoms with Crippen LogP contribution in [-0.4, -0.2) is 69.0 Å². The van der Waals surface area contributed by atoms with Gasteiger partial charge in [0.1, 0.15) is 6.23 Å². The van der Waals surface area contributed by atoms with Gasteiger partial charge in [-0.25, -0.2) is 0 Å². The zero-order chi connectivity index (χ0) is 15.3. The fraction of sp³-hybridized carbons (Fsp3) is 1.00. The third kappa shape index (κ3) is 3.41. The van der Waals surface area contributed by atoms with Crippen molar-refractivity contribution in [3.05, 3.63) is 10.4 Å². The molecular formula is C12H24N4O4. The molecule has 20 heavy (non-hydrogen) atoms. The van der Waals surface area contributed by atoms with Gasteiger partial charge in [0.05, 0.1) is 30.9 Å². The van der Waals surface area contributed by atoms with Crippen LogP contribution >= 0.6 is 0 Å². The molecule has 5 atom stereocenters. The molecule has 0 saturated carbocycles. The molecule has 0 bridgehead atoms. The number of piperidine rings is 1. The summed E-state index contributed by atoms with van der Waals surface area (Å²) in [6.07, 6.45) is -1.88. The Kier molecular flexibility index (Phi) is 6.67. The van der Waals surface area contributed by atoms with Crippen molar-refractivity contribution in [2.45, 2.75) is 57.2 Å². The highest BCUT2D eigenvalue weighted by atomic mass is 16.3. The van der Waals surface area contributed by atoms with Crippen LogP contribution in [0.15, 0.2) is 5.11 Å². The van der Waals surface area contributed by atoms with Crippen LogP contribution in [0, 0.1) is 5.92 Å². The fourth-order valence-electron chi connectivity index (χ4n) is 2.78. The van der Waals surface area contributed by atoms with Crippen LogP contribution in [0.5, 0.6) is 0 Å². The number of likely N-dealkylation sites (tertiary alicyclic amines) is 1. The van der Waals surface area contributed by atoms with Gasteiger partial charge in [0.2, 0.25) is 0 Å². The molecule has 1 unspecified atom stereocenters. The van der Waals surface area contributed by atoms with Gasteiger partial charge in [-0.3, -0.25) is 4.90 Å². The molecule has 0 spiro atoms. The molecule has 1 saturated heterocycles. The molecule has 1 aliphatic rings. The summed E-state index contributed by atoms with van der Waals surface area (Å²) in [5.41, 5.74) is 8.51. The minimum atomic E-state index is -1.27. The van der Waals surface area contributed by atoms with E-state index in [4.69, 9.17) is 5.53 Å². The first-order valence-electron chi connectivity index (χ1n) is 6.96. The van der Waals surface area contributed by atoms with Gasteiger partial charge in [0.15, 0.2) is 0 Å². The van der Waals surface area contributed by atoms with E-state index in [-0.39, 0.29) is 12.5 Å². The van der Waals surface area contributed by atoms with Crippen LogP contribution in [0.1, 0.15) is 26.7 Å². The van der Waals surface area contributed by atoms with Gasteiger partial charge in [-0.05, 0) is 24.3 Å². The van der Waals surface area contributed by atoms with Crippen LogP contribution in [0.2, 0.25) is 0 Å². The number of rotatable bonds is 6. The Hall–Kier alpha value is -0.890. The minimum Gasteiger partial charge on any atom is -0.395 e. The maximum absolute atomic E-state index is 10.4. The summed E-state index contributed by atoms with van der Waals surface area (Å²) in [6.45, 7) is 3.61. The van der Waals surface area contributed by atoms with E-state index in [1.54, 1.807) is 0 Å². The molecule has 0 radical (unpaired) electrons. The monoisotopic (exact) mass is 288 g/mol. The lowest BCUT2D eigenvalue weighted by molar-refractivity contribution is -0.160. The van der Waals surface area contributed by atoms with Crippen molar-refractivity contribution in [1.82, 2.24) is 4.90 Å². The topological polar surface area (TPSA) is 133 Å². The molecule has 0 aliphatic carbocycles. The molecule has 0 aromatic heterocycles. The summed E-state index contributed by atoms with van der Waals surface area (Å²) in [7, 11) is 0. The first-order valence-corrected chi connectivity index (χ1v) is 6.96. The Labute approximate surface area is 118 Å². The van der Waals surface area contributed by atoms with Crippen molar-refractivity contribution in [3.8, 4) is 0 Å². The number of aliphatic hydroxyl groups is 4. The third-order valence-electron chi connectivity index (χ3n) is 4.16. The van der Waals surface area contributed by atoms with Crippen molar-refractivity contribution in [3.63, 3.8) is 0 Å². The van der Waals surface area contributed by atoms with E-state index in [9.17, 15) is 20.4 Å². The highest BCUT2D eigenvalue weighted by molar-refractivity contribution is 4.98. The maximum atomic E-state index is 10.4. The van der Waals surface area contributed by atoms with E-state index in [2.05, 4.69) is 10.0 Å². The van der Waals surface area contributed by atoms with E-state index in [1.165, 1.54) is 4.90 Å². The predicted octanol–water partition coefficient (Wildman–Crippen LogP) is -0.182. The van der Waals surface area contributed by atoms with Gasteiger partial charge in [-0.15, -0.1) is 0 Å². The molecule has 0 amide bonds. The Morgan fingerprint density at radius 1 is 1.30 bits per heavy atom. The lowest BCUT2D eigenvalue weighted by Gasteiger charge is -2.47. The molecule has 1 heterocycles. The Morgan fingerprint density at radius 3 is 2.35 bits per heavy atom. The van der Waals surface area contributed by atoms with Gasteiger partial charge in [-0.1, -0.05) is 19.0 Å². The molecule has 116 valence electrons. The van der Waals surface area contributed by atoms with Crippen molar-refractivity contribution in [1.29, 1.82) is 0 Å². The fourth-order valence-corrected chi connectivity index (χ4v) is 2.78. The molecule has 0 aromatic carbocycles. The van der Waals surface area contributed by atoms with Gasteiger partial charge < -0.3 is 20.4 Å². The Morgan fingerprint density at radius 2 is 1.90 bits per heavy atom. The molecule has 8 heteroatoms. The second-order valence-corrected chi connectivity index (χ2v) is 5.19. The Balaban J connectivity index is 2.98. The van der Waals surface area contributed by atoms with Gasteiger partial charge in [0.25, 0.3) is 0 Å². The van der Waals surface area contributed by atoms with E-state index < -0.39 is 37.1 Å². The zero-order valence-corrected chi connectivity index (χ0v) is 11.9. The van der Waals surface area contributed by atoms with Gasteiger partial charge in [0, 0.05) is 11.5 Å². The van der Waals surface area contributed by atoms with Crippen LogP contribution in [0.4, 0.5) is 0 Å². The normalized spacial score (nSPS) is 33.0. The molecule has 1 fully saturated rings. The number of nitrogens with zero attached hydrogens (tertiary/aromatic N) is 4. The van der Waals surface area contributed by atoms with Crippen molar-refractivity contribution < 1.29 is 20.4 Å². The van der Waals surface area contributed by atoms with Gasteiger partial charge in [-0.2, -0.15) is 0 Å². The summed E-state index contributed by atoms with van der Waals surface area (Å²) in [4.78, 5) is 4.18. The first kappa shape index (κ1) is 17.2. The quantitative estimate of drug-likeness (QED) is 0.305. The summed E-state index contributed by atoms with van der Waals surface area (Å²) >= 11 is 0. The van der Waals surface area contributed by atoms with Crippen LogP contribution < -0.4 is 0 Å². The minimum absolute atomic E-state index is 0.0155. The second-order valence-electron chi connectivity index (χ2n) is 5.19. The largest absolute Gasteiger partial charge is 0.395 e. The summed E-state index contributed by atoms with van der Waals surface area (Å²) in [6, 6.07) is -1.62. The molecule has 8 nitrogen and oxygen atoms in total. The molecular weight excluding hydrogens is 264 g/mol. The lowest BCUT2D eigenvalue weighted by atomic mass is 9.90. The van der Waals surface area contributed by atoms with Crippen LogP contribution in [0.25, 0.3) is 10.4 Å². The van der Waals surface area contributed by atoms with Crippen LogP contribution in [-0.2, 0) is 0 Å². The molecule has 1 aliphatic heterocycles. The maximum Gasteiger partial charge on any atom is 0.110 e. The van der Waals surface area contributed by atoms with Gasteiger partial charge >= 0.3 is 0 Å². The number of hydrogen-bond donors (Lipinski definition) is 4. The highest BCUT2D eigenvalue weighted by Crippen LogP contribution is 2.27. The predicted molar refractivity (Wildman–Crippen MR) is 72.6 cm³/mol. The summed E-state index contributed by atoms with van der Waals surface area (Å²) < 4.78 is 0. The average molecular weight is 288 g/mol. The van der Waals surface area contributed by atoms with E-state index >= 15 is 0 Å². The number of azide groups is 1. The first-order chi connectivity index (χ1) is 9.51. The van der Waals surface area contributed by atoms with Crippen LogP contribution in [0.3, 0.4) is 0 Å². The molecule has 0 aromatic rings. The number of aliphatic hydroxyl groups excluding tert-OH is 4. The van der Waals surface area contributed by atoms with Crippen molar-refractivity contribution in [2.75, 3.05) is 13.2 Å². The summed E-state index contributed by atoms with van der Waals surface area (Å²) in [5, 5.41) is 43.2. The smallest absolute Gasteiger partial charge is 0.110 e. The zero-order valence-electron chi connectivity index (χ0n) is 11.9. The molecule has 1 rings (SSSR count). The van der Waals surface area contributed by atoms with E-state index in [0.717, 1.165) is 12.8 Å². The standard InChI is InChI=1S/C12H24N4O4/c1-3-7(4-2)12(20)16-5-8(14-15-13)10(18)11(19)9(16)6-17/h7-12,17-20H,3-6H2,1-2H3/t8-,9+,10+,11+,12?/m0/s1. The Bertz CT molecular complexity index is 346. The average Bonchev–Trinajstić information content (AvgIpc) is 2.45. The lowest BCUT2D eigenvalue weighted by Crippen LogP contribution is -2.65. The highest BCUT2D eigenvalue weighted by Gasteiger charge is 2.44. The summed E-state index contributed by atoms with van der Waals surface area (Å²) in [5.74, 6) is -0.0155. The SMILES string of the molecule is CCC(CC)C(O)N1C[C@H](N=[N+]=[N-])[C@@H](O)[C@H](O)[C@H]1CO. The molecule has 4 N–H and O–H groups in total. The third-order valence-corrected chi connectivity index (χ3v) is 4.16. The second kappa shape index (κ2) is 7.78.